The van der Waals surface area contributed by atoms with Crippen molar-refractivity contribution in [3.63, 3.8) is 0 Å². The van der Waals surface area contributed by atoms with Gasteiger partial charge in [-0.3, -0.25) is 25.2 Å². The number of hydrogen-bond acceptors (Lipinski definition) is 7. The highest BCUT2D eigenvalue weighted by Gasteiger charge is 2.36. The van der Waals surface area contributed by atoms with E-state index in [2.05, 4.69) is 17.3 Å². The molecule has 0 spiro atoms. The zero-order valence-electron chi connectivity index (χ0n) is 16.4. The maximum Gasteiger partial charge on any atom is 0.276 e. The van der Waals surface area contributed by atoms with Crippen LogP contribution in [0.25, 0.3) is 5.70 Å². The van der Waals surface area contributed by atoms with Crippen molar-refractivity contribution in [1.82, 2.24) is 10.3 Å². The van der Waals surface area contributed by atoms with Crippen LogP contribution >= 0.6 is 11.8 Å². The number of hydrogen-bond donors (Lipinski definition) is 1. The molecule has 4 rings (SSSR count). The van der Waals surface area contributed by atoms with Crippen LogP contribution in [0.15, 0.2) is 58.6 Å². The Labute approximate surface area is 177 Å². The number of thioether (sulfide) groups is 1. The molecule has 0 unspecified atom stereocenters. The molecule has 0 aromatic heterocycles. The fourth-order valence-electron chi connectivity index (χ4n) is 3.49. The standard InChI is InChI=1S/C21H21N5O3S/c1-2-3-8-13-30-21-23-20(27)18-14-9-4-6-11-16(14)22-19(25(18)24-21)15-10-5-7-12-17(15)26(28)29/h4-7,9-12,19H,2-3,8,13H2,1H3,(H,23,24,27)/t19-/m1/s1. The highest BCUT2D eigenvalue weighted by Crippen LogP contribution is 2.35. The number of hydrazone groups is 1. The third kappa shape index (κ3) is 3.80. The number of benzene rings is 2. The molecular weight excluding hydrogens is 402 g/mol. The minimum absolute atomic E-state index is 0.0525. The highest BCUT2D eigenvalue weighted by atomic mass is 32.2. The Morgan fingerprint density at radius 2 is 1.93 bits per heavy atom. The van der Waals surface area contributed by atoms with Crippen LogP contribution in [0, 0.1) is 10.1 Å². The Morgan fingerprint density at radius 1 is 1.17 bits per heavy atom. The smallest absolute Gasteiger partial charge is 0.276 e. The van der Waals surface area contributed by atoms with Gasteiger partial charge in [0.15, 0.2) is 11.3 Å². The summed E-state index contributed by atoms with van der Waals surface area (Å²) in [7, 11) is 0. The Balaban J connectivity index is 1.83. The van der Waals surface area contributed by atoms with Gasteiger partial charge >= 0.3 is 0 Å². The van der Waals surface area contributed by atoms with E-state index in [4.69, 9.17) is 4.99 Å². The lowest BCUT2D eigenvalue weighted by Gasteiger charge is -2.33. The van der Waals surface area contributed by atoms with Gasteiger partial charge in [-0.2, -0.15) is 0 Å². The number of rotatable bonds is 6. The maximum atomic E-state index is 13.0. The van der Waals surface area contributed by atoms with Gasteiger partial charge in [-0.05, 0) is 18.6 Å². The van der Waals surface area contributed by atoms with Crippen LogP contribution in [0.4, 0.5) is 5.69 Å². The van der Waals surface area contributed by atoms with Crippen LogP contribution in [-0.4, -0.2) is 26.8 Å². The molecule has 0 aliphatic carbocycles. The number of amidine groups is 1. The monoisotopic (exact) mass is 423 g/mol. The molecule has 154 valence electrons. The fourth-order valence-corrected chi connectivity index (χ4v) is 4.34. The van der Waals surface area contributed by atoms with Gasteiger partial charge in [-0.1, -0.05) is 61.9 Å². The number of unbranched alkanes of at least 4 members (excludes halogenated alkanes) is 2. The number of carbonyl (C=O) groups excluding carboxylic acids is 1. The predicted molar refractivity (Wildman–Crippen MR) is 116 cm³/mol. The summed E-state index contributed by atoms with van der Waals surface area (Å²) in [4.78, 5) is 28.9. The summed E-state index contributed by atoms with van der Waals surface area (Å²) in [6.45, 7) is 2.13. The molecule has 1 amide bonds. The van der Waals surface area contributed by atoms with E-state index in [0.717, 1.165) is 25.0 Å². The first-order valence-electron chi connectivity index (χ1n) is 9.82. The first-order chi connectivity index (χ1) is 14.6. The van der Waals surface area contributed by atoms with Gasteiger partial charge in [-0.15, -0.1) is 5.10 Å². The molecule has 0 fully saturated rings. The number of nitro groups is 1. The predicted octanol–water partition coefficient (Wildman–Crippen LogP) is 2.66. The van der Waals surface area contributed by atoms with Gasteiger partial charge in [0.1, 0.15) is 5.70 Å². The van der Waals surface area contributed by atoms with E-state index in [9.17, 15) is 14.9 Å². The molecule has 0 saturated heterocycles. The van der Waals surface area contributed by atoms with E-state index >= 15 is 0 Å². The molecule has 0 saturated carbocycles. The minimum Gasteiger partial charge on any atom is -0.298 e. The van der Waals surface area contributed by atoms with Crippen molar-refractivity contribution in [1.29, 1.82) is 0 Å². The number of nitrogens with zero attached hydrogens (tertiary/aromatic N) is 4. The first kappa shape index (κ1) is 20.1. The van der Waals surface area contributed by atoms with Gasteiger partial charge < -0.3 is 0 Å². The Morgan fingerprint density at radius 3 is 2.73 bits per heavy atom. The van der Waals surface area contributed by atoms with Crippen LogP contribution in [-0.2, 0) is 4.79 Å². The summed E-state index contributed by atoms with van der Waals surface area (Å²) in [5.41, 5.74) is 0.688. The normalized spacial score (nSPS) is 17.4. The van der Waals surface area contributed by atoms with Crippen molar-refractivity contribution in [2.24, 2.45) is 10.1 Å². The molecule has 8 nitrogen and oxygen atoms in total. The third-order valence-electron chi connectivity index (χ3n) is 4.91. The molecule has 0 radical (unpaired) electrons. The summed E-state index contributed by atoms with van der Waals surface area (Å²) in [5.74, 6) is 0.550. The lowest BCUT2D eigenvalue weighted by Crippen LogP contribution is -2.50. The van der Waals surface area contributed by atoms with Gasteiger partial charge in [0, 0.05) is 17.0 Å². The number of amides is 1. The van der Waals surface area contributed by atoms with Crippen LogP contribution < -0.4 is 15.9 Å². The zero-order chi connectivity index (χ0) is 21.1. The number of fused-ring (bicyclic) bond motifs is 2. The van der Waals surface area contributed by atoms with E-state index in [1.165, 1.54) is 22.8 Å². The molecular formula is C21H21N5O3S. The molecule has 0 bridgehead atoms. The van der Waals surface area contributed by atoms with Crippen molar-refractivity contribution < 1.29 is 9.72 Å². The van der Waals surface area contributed by atoms with Crippen molar-refractivity contribution >= 4 is 34.2 Å². The number of carbonyl (C=O) groups is 1. The summed E-state index contributed by atoms with van der Waals surface area (Å²) >= 11 is 1.47. The molecule has 2 heterocycles. The van der Waals surface area contributed by atoms with Gasteiger partial charge in [0.25, 0.3) is 11.6 Å². The summed E-state index contributed by atoms with van der Waals surface area (Å²) in [5, 5.41) is 22.4. The van der Waals surface area contributed by atoms with Gasteiger partial charge in [-0.25, -0.2) is 5.01 Å². The Hall–Kier alpha value is -3.20. The molecule has 1 atom stereocenters. The first-order valence-corrected chi connectivity index (χ1v) is 10.8. The summed E-state index contributed by atoms with van der Waals surface area (Å²) in [6, 6.07) is 13.7. The molecule has 1 N–H and O–H groups in total. The number of para-hydroxylation sites is 2. The number of nitrogens with one attached hydrogen (secondary N) is 1. The van der Waals surface area contributed by atoms with Crippen molar-refractivity contribution in [3.8, 4) is 0 Å². The van der Waals surface area contributed by atoms with E-state index in [1.807, 2.05) is 18.2 Å². The van der Waals surface area contributed by atoms with Crippen molar-refractivity contribution in [2.75, 3.05) is 5.75 Å². The van der Waals surface area contributed by atoms with E-state index in [0.29, 0.717) is 27.0 Å². The average molecular weight is 423 g/mol. The lowest BCUT2D eigenvalue weighted by atomic mass is 10.1. The largest absolute Gasteiger partial charge is 0.298 e. The van der Waals surface area contributed by atoms with Crippen LogP contribution in [0.3, 0.4) is 0 Å². The highest BCUT2D eigenvalue weighted by molar-refractivity contribution is 8.13. The van der Waals surface area contributed by atoms with Crippen molar-refractivity contribution in [2.45, 2.75) is 32.4 Å². The van der Waals surface area contributed by atoms with Crippen LogP contribution in [0.5, 0.6) is 0 Å². The van der Waals surface area contributed by atoms with Gasteiger partial charge in [0.2, 0.25) is 0 Å². The molecule has 2 aromatic rings. The Bertz CT molecular complexity index is 1150. The third-order valence-corrected chi connectivity index (χ3v) is 5.86. The zero-order valence-corrected chi connectivity index (χ0v) is 17.3. The second kappa shape index (κ2) is 8.66. The van der Waals surface area contributed by atoms with E-state index < -0.39 is 11.1 Å². The molecule has 9 heteroatoms. The lowest BCUT2D eigenvalue weighted by molar-refractivity contribution is -0.385. The van der Waals surface area contributed by atoms with E-state index in [-0.39, 0.29) is 11.6 Å². The van der Waals surface area contributed by atoms with Crippen LogP contribution in [0.2, 0.25) is 0 Å². The molecule has 2 aromatic carbocycles. The number of nitro benzene ring substituents is 1. The maximum absolute atomic E-state index is 13.0. The quantitative estimate of drug-likeness (QED) is 0.437. The second-order valence-electron chi connectivity index (χ2n) is 6.94. The van der Waals surface area contributed by atoms with Crippen molar-refractivity contribution in [3.05, 3.63) is 74.8 Å². The SMILES string of the molecule is CCCCCSC1=NN2C(=c3ccccc3=N[C@H]2c2ccccc2[N+](=O)[O-])C(=O)N1. The molecule has 2 aliphatic heterocycles. The summed E-state index contributed by atoms with van der Waals surface area (Å²) < 4.78 is 0. The summed E-state index contributed by atoms with van der Waals surface area (Å²) in [6.07, 6.45) is 2.44. The Kier molecular flexibility index (Phi) is 5.80. The topological polar surface area (TPSA) is 100 Å². The fraction of sp³-hybridized carbons (Fsp3) is 0.286. The molecule has 2 aliphatic rings. The second-order valence-corrected chi connectivity index (χ2v) is 8.03. The van der Waals surface area contributed by atoms with Crippen LogP contribution in [0.1, 0.15) is 37.9 Å². The van der Waals surface area contributed by atoms with Gasteiger partial charge in [0.05, 0.1) is 15.8 Å². The average Bonchev–Trinajstić information content (AvgIpc) is 2.76. The minimum atomic E-state index is -0.797. The molecule has 30 heavy (non-hydrogen) atoms. The van der Waals surface area contributed by atoms with E-state index in [1.54, 1.807) is 24.3 Å².